The van der Waals surface area contributed by atoms with Gasteiger partial charge in [-0.15, -0.1) is 0 Å². The molecule has 0 bridgehead atoms. The molecule has 1 aromatic carbocycles. The highest BCUT2D eigenvalue weighted by Gasteiger charge is 2.18. The predicted molar refractivity (Wildman–Crippen MR) is 101 cm³/mol. The average Bonchev–Trinajstić information content (AvgIpc) is 2.58. The van der Waals surface area contributed by atoms with Crippen molar-refractivity contribution in [2.24, 2.45) is 10.1 Å². The van der Waals surface area contributed by atoms with Gasteiger partial charge in [0.05, 0.1) is 12.3 Å². The van der Waals surface area contributed by atoms with Gasteiger partial charge in [0, 0.05) is 19.6 Å². The van der Waals surface area contributed by atoms with Crippen molar-refractivity contribution in [3.05, 3.63) is 35.9 Å². The lowest BCUT2D eigenvalue weighted by Crippen LogP contribution is -2.35. The summed E-state index contributed by atoms with van der Waals surface area (Å²) >= 11 is 0. The van der Waals surface area contributed by atoms with E-state index in [9.17, 15) is 8.78 Å². The van der Waals surface area contributed by atoms with Gasteiger partial charge in [0.1, 0.15) is 5.84 Å². The van der Waals surface area contributed by atoms with Crippen LogP contribution in [0.3, 0.4) is 0 Å². The van der Waals surface area contributed by atoms with E-state index >= 15 is 0 Å². The summed E-state index contributed by atoms with van der Waals surface area (Å²) in [6.07, 6.45) is 1.23. The maximum Gasteiger partial charge on any atom is 0.275 e. The van der Waals surface area contributed by atoms with Crippen molar-refractivity contribution >= 4 is 12.1 Å². The van der Waals surface area contributed by atoms with Crippen molar-refractivity contribution in [3.8, 4) is 0 Å². The zero-order valence-corrected chi connectivity index (χ0v) is 15.5. The highest BCUT2D eigenvalue weighted by Crippen LogP contribution is 2.16. The highest BCUT2D eigenvalue weighted by atomic mass is 19.3. The van der Waals surface area contributed by atoms with Crippen LogP contribution in [-0.2, 0) is 6.54 Å². The number of nitrogens with zero attached hydrogens (tertiary/aromatic N) is 3. The summed E-state index contributed by atoms with van der Waals surface area (Å²) in [6, 6.07) is 10.7. The molecule has 1 aromatic rings. The Morgan fingerprint density at radius 1 is 1.24 bits per heavy atom. The average molecular weight is 352 g/mol. The third kappa shape index (κ3) is 9.92. The predicted octanol–water partition coefficient (Wildman–Crippen LogP) is 4.33. The number of hydrogen-bond donors (Lipinski definition) is 1. The van der Waals surface area contributed by atoms with Crippen LogP contribution in [0.5, 0.6) is 0 Å². The molecular formula is C19H30F2N4. The number of hydrazone groups is 1. The summed E-state index contributed by atoms with van der Waals surface area (Å²) in [7, 11) is 0. The van der Waals surface area contributed by atoms with E-state index in [0.717, 1.165) is 32.5 Å². The van der Waals surface area contributed by atoms with Crippen molar-refractivity contribution in [1.82, 2.24) is 10.3 Å². The molecule has 6 heteroatoms. The number of piperidine rings is 1. The second-order valence-corrected chi connectivity index (χ2v) is 6.14. The number of halogens is 2. The Labute approximate surface area is 150 Å². The molecule has 0 aromatic heterocycles. The molecule has 1 aliphatic rings. The van der Waals surface area contributed by atoms with E-state index in [1.54, 1.807) is 6.92 Å². The molecule has 0 atom stereocenters. The third-order valence-electron chi connectivity index (χ3n) is 3.60. The molecule has 0 aliphatic carbocycles. The Balaban J connectivity index is 0.000000970. The Bertz CT molecular complexity index is 509. The molecule has 1 N–H and O–H groups in total. The smallest absolute Gasteiger partial charge is 0.275 e. The summed E-state index contributed by atoms with van der Waals surface area (Å²) in [5.41, 5.74) is 3.86. The van der Waals surface area contributed by atoms with Crippen molar-refractivity contribution in [1.29, 1.82) is 0 Å². The third-order valence-corrected chi connectivity index (χ3v) is 3.60. The Kier molecular flexibility index (Phi) is 10.6. The molecule has 0 spiro atoms. The molecule has 2 rings (SSSR count). The van der Waals surface area contributed by atoms with E-state index in [1.165, 1.54) is 12.0 Å². The summed E-state index contributed by atoms with van der Waals surface area (Å²) in [5.74, 6) is 0.582. The van der Waals surface area contributed by atoms with Gasteiger partial charge in [-0.05, 0) is 25.3 Å². The van der Waals surface area contributed by atoms with Crippen LogP contribution in [0.15, 0.2) is 40.4 Å². The Hall–Kier alpha value is -1.82. The van der Waals surface area contributed by atoms with Crippen LogP contribution in [0.25, 0.3) is 0 Å². The summed E-state index contributed by atoms with van der Waals surface area (Å²) in [6.45, 7) is 8.96. The van der Waals surface area contributed by atoms with Crippen molar-refractivity contribution in [3.63, 3.8) is 0 Å². The number of aliphatic imine (C=N–C) groups is 1. The van der Waals surface area contributed by atoms with Gasteiger partial charge in [-0.3, -0.25) is 15.3 Å². The standard InChI is InChI=1S/C16H22F2N4.C3H8/c1-13(21-19-11-16(17)18)20-15-7-9-22(10-8-15)12-14-5-3-2-4-6-14;1-3-2/h2-6,11,15-16H,7-10,12H2,1H3,(H,20,21);3H2,1-2H3/b19-11+;. The maximum absolute atomic E-state index is 11.9. The topological polar surface area (TPSA) is 40.0 Å². The maximum atomic E-state index is 11.9. The molecule has 1 saturated heterocycles. The number of amidine groups is 1. The van der Waals surface area contributed by atoms with Gasteiger partial charge < -0.3 is 0 Å². The molecule has 1 fully saturated rings. The van der Waals surface area contributed by atoms with Gasteiger partial charge >= 0.3 is 0 Å². The van der Waals surface area contributed by atoms with Crippen LogP contribution in [0.1, 0.15) is 45.6 Å². The summed E-state index contributed by atoms with van der Waals surface area (Å²) < 4.78 is 23.9. The molecule has 140 valence electrons. The fourth-order valence-electron chi connectivity index (χ4n) is 2.54. The minimum Gasteiger partial charge on any atom is -0.299 e. The van der Waals surface area contributed by atoms with E-state index in [2.05, 4.69) is 58.5 Å². The van der Waals surface area contributed by atoms with Crippen LogP contribution < -0.4 is 5.43 Å². The number of nitrogens with one attached hydrogen (secondary N) is 1. The minimum absolute atomic E-state index is 0.237. The van der Waals surface area contributed by atoms with Gasteiger partial charge in [-0.25, -0.2) is 8.78 Å². The first-order valence-electron chi connectivity index (χ1n) is 8.93. The molecule has 0 unspecified atom stereocenters. The zero-order valence-electron chi connectivity index (χ0n) is 15.5. The second kappa shape index (κ2) is 12.5. The monoisotopic (exact) mass is 352 g/mol. The molecule has 25 heavy (non-hydrogen) atoms. The van der Waals surface area contributed by atoms with E-state index in [0.29, 0.717) is 12.1 Å². The number of likely N-dealkylation sites (tertiary alicyclic amines) is 1. The molecule has 0 radical (unpaired) electrons. The SMILES string of the molecule is CC(=NC1CCN(Cc2ccccc2)CC1)N/N=C/C(F)F.CCC. The number of benzene rings is 1. The molecule has 1 heterocycles. The number of rotatable bonds is 5. The van der Waals surface area contributed by atoms with Crippen LogP contribution in [0.4, 0.5) is 8.78 Å². The summed E-state index contributed by atoms with van der Waals surface area (Å²) in [4.78, 5) is 6.91. The van der Waals surface area contributed by atoms with E-state index in [-0.39, 0.29) is 6.04 Å². The van der Waals surface area contributed by atoms with Crippen molar-refractivity contribution < 1.29 is 8.78 Å². The van der Waals surface area contributed by atoms with Crippen LogP contribution in [0, 0.1) is 0 Å². The van der Waals surface area contributed by atoms with Gasteiger partial charge in [0.2, 0.25) is 0 Å². The van der Waals surface area contributed by atoms with Crippen LogP contribution in [-0.4, -0.2) is 42.5 Å². The lowest BCUT2D eigenvalue weighted by molar-refractivity contribution is 0.206. The fraction of sp³-hybridized carbons (Fsp3) is 0.579. The molecule has 0 saturated carbocycles. The van der Waals surface area contributed by atoms with E-state index < -0.39 is 6.43 Å². The van der Waals surface area contributed by atoms with Gasteiger partial charge in [0.15, 0.2) is 0 Å². The summed E-state index contributed by atoms with van der Waals surface area (Å²) in [5, 5.41) is 3.44. The lowest BCUT2D eigenvalue weighted by atomic mass is 10.0. The Morgan fingerprint density at radius 2 is 1.84 bits per heavy atom. The quantitative estimate of drug-likeness (QED) is 0.487. The van der Waals surface area contributed by atoms with Gasteiger partial charge in [-0.1, -0.05) is 50.6 Å². The van der Waals surface area contributed by atoms with Gasteiger partial charge in [0.25, 0.3) is 6.43 Å². The highest BCUT2D eigenvalue weighted by molar-refractivity contribution is 5.80. The van der Waals surface area contributed by atoms with Gasteiger partial charge in [-0.2, -0.15) is 5.10 Å². The first kappa shape index (κ1) is 21.2. The number of alkyl halides is 2. The van der Waals surface area contributed by atoms with E-state index in [1.807, 2.05) is 6.07 Å². The Morgan fingerprint density at radius 3 is 2.40 bits per heavy atom. The first-order chi connectivity index (χ1) is 12.0. The van der Waals surface area contributed by atoms with E-state index in [4.69, 9.17) is 0 Å². The molecular weight excluding hydrogens is 322 g/mol. The molecule has 0 amide bonds. The second-order valence-electron chi connectivity index (χ2n) is 6.14. The largest absolute Gasteiger partial charge is 0.299 e. The van der Waals surface area contributed by atoms with Crippen LogP contribution in [0.2, 0.25) is 0 Å². The fourth-order valence-corrected chi connectivity index (χ4v) is 2.54. The number of hydrogen-bond acceptors (Lipinski definition) is 3. The van der Waals surface area contributed by atoms with Crippen molar-refractivity contribution in [2.75, 3.05) is 13.1 Å². The first-order valence-corrected chi connectivity index (χ1v) is 8.93. The van der Waals surface area contributed by atoms with Crippen molar-refractivity contribution in [2.45, 2.75) is 59.0 Å². The lowest BCUT2D eigenvalue weighted by Gasteiger charge is -2.30. The normalized spacial score (nSPS) is 16.8. The zero-order chi connectivity index (χ0) is 18.5. The molecule has 4 nitrogen and oxygen atoms in total. The molecule has 1 aliphatic heterocycles. The van der Waals surface area contributed by atoms with Crippen LogP contribution >= 0.6 is 0 Å². The minimum atomic E-state index is -2.54.